The van der Waals surface area contributed by atoms with Crippen LogP contribution in [0, 0.1) is 0 Å². The van der Waals surface area contributed by atoms with Gasteiger partial charge in [0, 0.05) is 6.54 Å². The summed E-state index contributed by atoms with van der Waals surface area (Å²) in [4.78, 5) is 0. The van der Waals surface area contributed by atoms with Crippen LogP contribution in [0.3, 0.4) is 0 Å². The fourth-order valence-electron chi connectivity index (χ4n) is 2.27. The van der Waals surface area contributed by atoms with Gasteiger partial charge in [-0.05, 0) is 48.2 Å². The van der Waals surface area contributed by atoms with E-state index in [4.69, 9.17) is 4.74 Å². The Labute approximate surface area is 128 Å². The molecule has 2 heteroatoms. The zero-order valence-corrected chi connectivity index (χ0v) is 13.2. The van der Waals surface area contributed by atoms with Crippen LogP contribution in [0.5, 0.6) is 11.5 Å². The molecule has 0 radical (unpaired) electrons. The molecule has 0 aliphatic carbocycles. The standard InChI is InChI=1S/C19H25NO/c1-4-15(3)18-8-6-7-9-19(18)21-17-12-10-16(11-13-17)14-20-5-2/h6-13,15,20H,4-5,14H2,1-3H3. The molecule has 0 aliphatic heterocycles. The third-order valence-electron chi connectivity index (χ3n) is 3.79. The highest BCUT2D eigenvalue weighted by molar-refractivity contribution is 5.40. The zero-order valence-electron chi connectivity index (χ0n) is 13.2. The summed E-state index contributed by atoms with van der Waals surface area (Å²) in [6.45, 7) is 8.45. The van der Waals surface area contributed by atoms with Crippen molar-refractivity contribution in [3.63, 3.8) is 0 Å². The molecule has 0 aromatic heterocycles. The minimum Gasteiger partial charge on any atom is -0.457 e. The summed E-state index contributed by atoms with van der Waals surface area (Å²) in [5, 5.41) is 3.32. The van der Waals surface area contributed by atoms with Gasteiger partial charge in [0.25, 0.3) is 0 Å². The second-order valence-corrected chi connectivity index (χ2v) is 5.37. The first kappa shape index (κ1) is 15.6. The summed E-state index contributed by atoms with van der Waals surface area (Å²) in [5.74, 6) is 2.37. The summed E-state index contributed by atoms with van der Waals surface area (Å²) in [6, 6.07) is 16.6. The highest BCUT2D eigenvalue weighted by Gasteiger charge is 2.10. The minimum atomic E-state index is 0.509. The maximum absolute atomic E-state index is 6.07. The van der Waals surface area contributed by atoms with Gasteiger partial charge in [0.15, 0.2) is 0 Å². The molecule has 0 spiro atoms. The molecular formula is C19H25NO. The smallest absolute Gasteiger partial charge is 0.130 e. The highest BCUT2D eigenvalue weighted by atomic mass is 16.5. The van der Waals surface area contributed by atoms with Crippen molar-refractivity contribution in [2.45, 2.75) is 39.7 Å². The lowest BCUT2D eigenvalue weighted by Crippen LogP contribution is -2.11. The lowest BCUT2D eigenvalue weighted by molar-refractivity contribution is 0.470. The second-order valence-electron chi connectivity index (χ2n) is 5.37. The Bertz CT molecular complexity index is 548. The van der Waals surface area contributed by atoms with Gasteiger partial charge in [-0.15, -0.1) is 0 Å². The summed E-state index contributed by atoms with van der Waals surface area (Å²) >= 11 is 0. The molecule has 0 fully saturated rings. The molecule has 2 rings (SSSR count). The van der Waals surface area contributed by atoms with Crippen molar-refractivity contribution in [3.8, 4) is 11.5 Å². The molecule has 2 aromatic rings. The highest BCUT2D eigenvalue weighted by Crippen LogP contribution is 2.31. The van der Waals surface area contributed by atoms with Crippen molar-refractivity contribution in [1.29, 1.82) is 0 Å². The number of nitrogens with one attached hydrogen (secondary N) is 1. The second kappa shape index (κ2) is 7.84. The molecule has 0 saturated carbocycles. The van der Waals surface area contributed by atoms with Gasteiger partial charge in [-0.25, -0.2) is 0 Å². The number of rotatable bonds is 7. The molecule has 0 bridgehead atoms. The molecule has 2 nitrogen and oxygen atoms in total. The Morgan fingerprint density at radius 2 is 1.71 bits per heavy atom. The molecule has 2 aromatic carbocycles. The van der Waals surface area contributed by atoms with Crippen molar-refractivity contribution in [1.82, 2.24) is 5.32 Å². The van der Waals surface area contributed by atoms with Crippen LogP contribution in [0.15, 0.2) is 48.5 Å². The normalized spacial score (nSPS) is 12.1. The van der Waals surface area contributed by atoms with E-state index in [-0.39, 0.29) is 0 Å². The van der Waals surface area contributed by atoms with E-state index in [1.165, 1.54) is 11.1 Å². The van der Waals surface area contributed by atoms with Gasteiger partial charge >= 0.3 is 0 Å². The molecule has 21 heavy (non-hydrogen) atoms. The first-order chi connectivity index (χ1) is 10.2. The molecule has 1 unspecified atom stereocenters. The zero-order chi connectivity index (χ0) is 15.1. The van der Waals surface area contributed by atoms with E-state index in [9.17, 15) is 0 Å². The van der Waals surface area contributed by atoms with Crippen LogP contribution in [0.25, 0.3) is 0 Å². The van der Waals surface area contributed by atoms with Crippen LogP contribution in [-0.2, 0) is 6.54 Å². The average molecular weight is 283 g/mol. The quantitative estimate of drug-likeness (QED) is 0.763. The van der Waals surface area contributed by atoms with E-state index in [1.54, 1.807) is 0 Å². The number of hydrogen-bond donors (Lipinski definition) is 1. The summed E-state index contributed by atoms with van der Waals surface area (Å²) in [5.41, 5.74) is 2.55. The maximum Gasteiger partial charge on any atom is 0.130 e. The van der Waals surface area contributed by atoms with Gasteiger partial charge in [-0.3, -0.25) is 0 Å². The Kier molecular flexibility index (Phi) is 5.82. The van der Waals surface area contributed by atoms with E-state index in [0.29, 0.717) is 5.92 Å². The lowest BCUT2D eigenvalue weighted by atomic mass is 9.98. The topological polar surface area (TPSA) is 21.3 Å². The summed E-state index contributed by atoms with van der Waals surface area (Å²) < 4.78 is 6.07. The van der Waals surface area contributed by atoms with E-state index in [0.717, 1.165) is 31.0 Å². The van der Waals surface area contributed by atoms with Crippen LogP contribution >= 0.6 is 0 Å². The van der Waals surface area contributed by atoms with Crippen molar-refractivity contribution < 1.29 is 4.74 Å². The maximum atomic E-state index is 6.07. The molecule has 0 saturated heterocycles. The van der Waals surface area contributed by atoms with Crippen molar-refractivity contribution >= 4 is 0 Å². The van der Waals surface area contributed by atoms with Gasteiger partial charge in [0.1, 0.15) is 11.5 Å². The summed E-state index contributed by atoms with van der Waals surface area (Å²) in [7, 11) is 0. The first-order valence-corrected chi connectivity index (χ1v) is 7.81. The summed E-state index contributed by atoms with van der Waals surface area (Å²) in [6.07, 6.45) is 1.11. The largest absolute Gasteiger partial charge is 0.457 e. The van der Waals surface area contributed by atoms with Crippen LogP contribution < -0.4 is 10.1 Å². The third-order valence-corrected chi connectivity index (χ3v) is 3.79. The Hall–Kier alpha value is -1.80. The molecule has 0 aliphatic rings. The van der Waals surface area contributed by atoms with Gasteiger partial charge in [0.2, 0.25) is 0 Å². The third kappa shape index (κ3) is 4.33. The van der Waals surface area contributed by atoms with Crippen LogP contribution in [0.2, 0.25) is 0 Å². The fourth-order valence-corrected chi connectivity index (χ4v) is 2.27. The van der Waals surface area contributed by atoms with Crippen LogP contribution in [0.4, 0.5) is 0 Å². The fraction of sp³-hybridized carbons (Fsp3) is 0.368. The average Bonchev–Trinajstić information content (AvgIpc) is 2.54. The first-order valence-electron chi connectivity index (χ1n) is 7.81. The minimum absolute atomic E-state index is 0.509. The predicted octanol–water partition coefficient (Wildman–Crippen LogP) is 5.10. The Morgan fingerprint density at radius 1 is 1.00 bits per heavy atom. The molecule has 0 heterocycles. The predicted molar refractivity (Wildman–Crippen MR) is 89.0 cm³/mol. The lowest BCUT2D eigenvalue weighted by Gasteiger charge is -2.15. The molecule has 1 N–H and O–H groups in total. The van der Waals surface area contributed by atoms with E-state index in [1.807, 2.05) is 24.3 Å². The van der Waals surface area contributed by atoms with Crippen molar-refractivity contribution in [2.75, 3.05) is 6.54 Å². The van der Waals surface area contributed by atoms with Gasteiger partial charge in [0.05, 0.1) is 0 Å². The van der Waals surface area contributed by atoms with Gasteiger partial charge < -0.3 is 10.1 Å². The molecule has 0 amide bonds. The van der Waals surface area contributed by atoms with Crippen LogP contribution in [0.1, 0.15) is 44.2 Å². The Balaban J connectivity index is 2.11. The number of benzene rings is 2. The SMILES string of the molecule is CCNCc1ccc(Oc2ccccc2C(C)CC)cc1. The number of para-hydroxylation sites is 1. The van der Waals surface area contributed by atoms with E-state index < -0.39 is 0 Å². The van der Waals surface area contributed by atoms with E-state index in [2.05, 4.69) is 50.4 Å². The number of hydrogen-bond acceptors (Lipinski definition) is 2. The van der Waals surface area contributed by atoms with E-state index >= 15 is 0 Å². The van der Waals surface area contributed by atoms with Crippen LogP contribution in [-0.4, -0.2) is 6.54 Å². The molecular weight excluding hydrogens is 258 g/mol. The monoisotopic (exact) mass is 283 g/mol. The van der Waals surface area contributed by atoms with Crippen molar-refractivity contribution in [3.05, 3.63) is 59.7 Å². The van der Waals surface area contributed by atoms with Gasteiger partial charge in [-0.2, -0.15) is 0 Å². The Morgan fingerprint density at radius 3 is 2.38 bits per heavy atom. The number of ether oxygens (including phenoxy) is 1. The van der Waals surface area contributed by atoms with Crippen molar-refractivity contribution in [2.24, 2.45) is 0 Å². The molecule has 1 atom stereocenters. The van der Waals surface area contributed by atoms with Gasteiger partial charge in [-0.1, -0.05) is 51.1 Å². The molecule has 112 valence electrons.